The van der Waals surface area contributed by atoms with Crippen molar-refractivity contribution in [2.45, 2.75) is 20.0 Å². The summed E-state index contributed by atoms with van der Waals surface area (Å²) in [6.07, 6.45) is 1.24. The molecule has 0 unspecified atom stereocenters. The van der Waals surface area contributed by atoms with Gasteiger partial charge in [-0.05, 0) is 25.8 Å². The summed E-state index contributed by atoms with van der Waals surface area (Å²) in [5, 5.41) is 7.43. The van der Waals surface area contributed by atoms with Crippen LogP contribution in [0.3, 0.4) is 0 Å². The molecule has 0 saturated heterocycles. The van der Waals surface area contributed by atoms with E-state index >= 15 is 0 Å². The number of urea groups is 2. The summed E-state index contributed by atoms with van der Waals surface area (Å²) in [5.41, 5.74) is 4.99. The first-order chi connectivity index (χ1) is 7.90. The molecule has 7 nitrogen and oxygen atoms in total. The van der Waals surface area contributed by atoms with Crippen LogP contribution in [0.15, 0.2) is 12.7 Å². The van der Waals surface area contributed by atoms with Crippen molar-refractivity contribution < 1.29 is 14.3 Å². The van der Waals surface area contributed by atoms with E-state index in [0.717, 1.165) is 11.9 Å². The van der Waals surface area contributed by atoms with Crippen molar-refractivity contribution in [2.24, 2.45) is 5.73 Å². The molecule has 0 heterocycles. The van der Waals surface area contributed by atoms with Crippen molar-refractivity contribution in [3.8, 4) is 0 Å². The minimum absolute atomic E-state index is 0.335. The maximum absolute atomic E-state index is 11.5. The molecule has 4 amide bonds. The number of nitrogens with zero attached hydrogens (tertiary/aromatic N) is 1. The van der Waals surface area contributed by atoms with Gasteiger partial charge in [-0.25, -0.2) is 9.59 Å². The van der Waals surface area contributed by atoms with Crippen LogP contribution in [-0.4, -0.2) is 34.8 Å². The molecule has 0 rings (SSSR count). The maximum Gasteiger partial charge on any atom is 0.343 e. The third kappa shape index (κ3) is 5.81. The monoisotopic (exact) mass is 260 g/mol. The summed E-state index contributed by atoms with van der Waals surface area (Å²) in [4.78, 5) is 23.0. The number of nitrogens with one attached hydrogen (secondary N) is 2. The predicted octanol–water partition coefficient (Wildman–Crippen LogP) is 1.27. The molecular formula is C9H16N4O3S. The normalized spacial score (nSPS) is 9.59. The summed E-state index contributed by atoms with van der Waals surface area (Å²) in [6.45, 7) is 6.80. The largest absolute Gasteiger partial charge is 0.462 e. The molecule has 0 bridgehead atoms. The van der Waals surface area contributed by atoms with E-state index in [1.807, 2.05) is 0 Å². The summed E-state index contributed by atoms with van der Waals surface area (Å²) < 4.78 is 7.25. The highest BCUT2D eigenvalue weighted by Crippen LogP contribution is 2.01. The SMILES string of the molecule is C=CCSNC(=O)N(C(=N)OC(C)C)C(N)=O. The molecule has 96 valence electrons. The fourth-order valence-electron chi connectivity index (χ4n) is 0.776. The van der Waals surface area contributed by atoms with Crippen molar-refractivity contribution >= 4 is 30.0 Å². The van der Waals surface area contributed by atoms with E-state index in [4.69, 9.17) is 15.9 Å². The molecule has 0 aromatic heterocycles. The maximum atomic E-state index is 11.5. The number of ether oxygens (including phenoxy) is 1. The second kappa shape index (κ2) is 7.55. The lowest BCUT2D eigenvalue weighted by Crippen LogP contribution is -2.49. The van der Waals surface area contributed by atoms with Gasteiger partial charge < -0.3 is 10.5 Å². The van der Waals surface area contributed by atoms with Gasteiger partial charge >= 0.3 is 18.1 Å². The molecule has 0 spiro atoms. The second-order valence-electron chi connectivity index (χ2n) is 3.15. The van der Waals surface area contributed by atoms with Crippen LogP contribution in [0.5, 0.6) is 0 Å². The van der Waals surface area contributed by atoms with Gasteiger partial charge in [0.25, 0.3) is 0 Å². The number of primary amides is 1. The van der Waals surface area contributed by atoms with Crippen molar-refractivity contribution in [3.63, 3.8) is 0 Å². The first kappa shape index (κ1) is 15.3. The van der Waals surface area contributed by atoms with Crippen LogP contribution in [0.1, 0.15) is 13.8 Å². The Morgan fingerprint density at radius 2 is 2.24 bits per heavy atom. The molecule has 0 saturated carbocycles. The number of amidine groups is 1. The van der Waals surface area contributed by atoms with Gasteiger partial charge in [0.05, 0.1) is 6.10 Å². The number of carbonyl (C=O) groups excluding carboxylic acids is 2. The Morgan fingerprint density at radius 1 is 1.65 bits per heavy atom. The zero-order valence-electron chi connectivity index (χ0n) is 9.73. The lowest BCUT2D eigenvalue weighted by molar-refractivity contribution is 0.173. The standard InChI is InChI=1S/C9H16N4O3S/c1-4-5-17-12-9(15)13(7(10)14)8(11)16-6(2)3/h4,6,11H,1,5H2,2-3H3,(H2,10,14)(H,12,15). The molecule has 0 aromatic carbocycles. The van der Waals surface area contributed by atoms with E-state index in [1.54, 1.807) is 19.9 Å². The molecule has 17 heavy (non-hydrogen) atoms. The topological polar surface area (TPSA) is 109 Å². The summed E-state index contributed by atoms with van der Waals surface area (Å²) in [6, 6.07) is -2.51. The van der Waals surface area contributed by atoms with Crippen LogP contribution in [-0.2, 0) is 4.74 Å². The molecule has 0 fully saturated rings. The number of hydrogen-bond acceptors (Lipinski definition) is 5. The van der Waals surface area contributed by atoms with Crippen LogP contribution in [0.25, 0.3) is 0 Å². The highest BCUT2D eigenvalue weighted by Gasteiger charge is 2.25. The van der Waals surface area contributed by atoms with Crippen molar-refractivity contribution in [2.75, 3.05) is 5.75 Å². The Morgan fingerprint density at radius 3 is 2.65 bits per heavy atom. The highest BCUT2D eigenvalue weighted by molar-refractivity contribution is 7.98. The molecule has 8 heteroatoms. The summed E-state index contributed by atoms with van der Waals surface area (Å²) in [5.74, 6) is 0.469. The average Bonchev–Trinajstić information content (AvgIpc) is 2.16. The molecule has 0 aliphatic heterocycles. The molecule has 0 aliphatic rings. The fourth-order valence-corrected chi connectivity index (χ4v) is 1.19. The third-order valence-corrected chi connectivity index (χ3v) is 2.06. The Hall–Kier alpha value is -1.70. The Balaban J connectivity index is 4.51. The lowest BCUT2D eigenvalue weighted by Gasteiger charge is -2.20. The molecule has 0 aromatic rings. The minimum Gasteiger partial charge on any atom is -0.462 e. The number of rotatable bonds is 4. The Kier molecular flexibility index (Phi) is 6.80. The lowest BCUT2D eigenvalue weighted by atomic mass is 10.5. The fraction of sp³-hybridized carbons (Fsp3) is 0.444. The van der Waals surface area contributed by atoms with Crippen LogP contribution in [0, 0.1) is 5.41 Å². The summed E-state index contributed by atoms with van der Waals surface area (Å²) in [7, 11) is 0. The molecule has 4 N–H and O–H groups in total. The van der Waals surface area contributed by atoms with Crippen LogP contribution >= 0.6 is 11.9 Å². The van der Waals surface area contributed by atoms with Crippen molar-refractivity contribution in [1.82, 2.24) is 9.62 Å². The third-order valence-electron chi connectivity index (χ3n) is 1.33. The van der Waals surface area contributed by atoms with Crippen LogP contribution in [0.2, 0.25) is 0 Å². The van der Waals surface area contributed by atoms with Gasteiger partial charge in [0.1, 0.15) is 0 Å². The van der Waals surface area contributed by atoms with E-state index < -0.39 is 18.1 Å². The zero-order chi connectivity index (χ0) is 13.4. The van der Waals surface area contributed by atoms with E-state index in [-0.39, 0.29) is 6.10 Å². The quantitative estimate of drug-likeness (QED) is 0.232. The molecule has 0 radical (unpaired) electrons. The zero-order valence-corrected chi connectivity index (χ0v) is 10.5. The van der Waals surface area contributed by atoms with Gasteiger partial charge in [0.15, 0.2) is 0 Å². The number of amides is 4. The van der Waals surface area contributed by atoms with Gasteiger partial charge in [-0.3, -0.25) is 10.1 Å². The van der Waals surface area contributed by atoms with Crippen LogP contribution in [0.4, 0.5) is 9.59 Å². The first-order valence-corrected chi connectivity index (χ1v) is 5.76. The summed E-state index contributed by atoms with van der Waals surface area (Å²) >= 11 is 1.02. The second-order valence-corrected chi connectivity index (χ2v) is 3.98. The van der Waals surface area contributed by atoms with Gasteiger partial charge in [-0.15, -0.1) is 6.58 Å². The molecule has 0 atom stereocenters. The predicted molar refractivity (Wildman–Crippen MR) is 66.6 cm³/mol. The van der Waals surface area contributed by atoms with E-state index in [2.05, 4.69) is 11.3 Å². The van der Waals surface area contributed by atoms with Gasteiger partial charge in [-0.2, -0.15) is 4.90 Å². The number of hydrogen-bond donors (Lipinski definition) is 3. The highest BCUT2D eigenvalue weighted by atomic mass is 32.2. The van der Waals surface area contributed by atoms with Gasteiger partial charge in [0.2, 0.25) is 0 Å². The van der Waals surface area contributed by atoms with Gasteiger partial charge in [0, 0.05) is 5.75 Å². The van der Waals surface area contributed by atoms with E-state index in [1.165, 1.54) is 0 Å². The Labute approximate surface area is 104 Å². The van der Waals surface area contributed by atoms with E-state index in [9.17, 15) is 9.59 Å². The average molecular weight is 260 g/mol. The number of nitrogens with two attached hydrogens (primary N) is 1. The molecule has 0 aliphatic carbocycles. The van der Waals surface area contributed by atoms with Crippen molar-refractivity contribution in [3.05, 3.63) is 12.7 Å². The Bertz CT molecular complexity index is 319. The van der Waals surface area contributed by atoms with E-state index in [0.29, 0.717) is 10.7 Å². The first-order valence-electron chi connectivity index (χ1n) is 4.77. The van der Waals surface area contributed by atoms with Crippen molar-refractivity contribution in [1.29, 1.82) is 5.41 Å². The van der Waals surface area contributed by atoms with Crippen LogP contribution < -0.4 is 10.5 Å². The smallest absolute Gasteiger partial charge is 0.343 e. The minimum atomic E-state index is -1.08. The number of carbonyl (C=O) groups is 2. The number of imide groups is 1. The van der Waals surface area contributed by atoms with Gasteiger partial charge in [-0.1, -0.05) is 6.08 Å². The molecular weight excluding hydrogens is 244 g/mol.